The third-order valence-corrected chi connectivity index (χ3v) is 0.274. The SMILES string of the molecule is CON=C(C)C. The molecule has 0 aromatic heterocycles. The molecule has 0 radical (unpaired) electrons. The first-order valence-corrected chi connectivity index (χ1v) is 1.81. The topological polar surface area (TPSA) is 21.6 Å². The van der Waals surface area contributed by atoms with Crippen LogP contribution >= 0.6 is 0 Å². The van der Waals surface area contributed by atoms with Gasteiger partial charge in [-0.3, -0.25) is 0 Å². The fraction of sp³-hybridized carbons (Fsp3) is 0.750. The molecule has 0 fully saturated rings. The molecule has 0 amide bonds. The highest BCUT2D eigenvalue weighted by atomic mass is 16.6. The smallest absolute Gasteiger partial charge is 0.106 e. The Morgan fingerprint density at radius 3 is 2.00 bits per heavy atom. The predicted molar refractivity (Wildman–Crippen MR) is 25.8 cm³/mol. The molecule has 2 heteroatoms. The van der Waals surface area contributed by atoms with Crippen molar-refractivity contribution in [2.45, 2.75) is 13.8 Å². The molecule has 6 heavy (non-hydrogen) atoms. The third-order valence-electron chi connectivity index (χ3n) is 0.274. The number of hydrogen-bond acceptors (Lipinski definition) is 2. The molecule has 0 aromatic rings. The lowest BCUT2D eigenvalue weighted by Crippen LogP contribution is -1.79. The van der Waals surface area contributed by atoms with Crippen LogP contribution in [0.4, 0.5) is 0 Å². The molecule has 36 valence electrons. The van der Waals surface area contributed by atoms with Crippen molar-refractivity contribution >= 4 is 5.71 Å². The Morgan fingerprint density at radius 2 is 2.00 bits per heavy atom. The molecule has 0 saturated carbocycles. The molecule has 0 rings (SSSR count). The van der Waals surface area contributed by atoms with Crippen molar-refractivity contribution in [1.82, 2.24) is 0 Å². The van der Waals surface area contributed by atoms with Crippen molar-refractivity contribution in [1.29, 1.82) is 0 Å². The van der Waals surface area contributed by atoms with Crippen molar-refractivity contribution < 1.29 is 4.84 Å². The average Bonchev–Trinajstić information content (AvgIpc) is 1.35. The molecule has 0 heterocycles. The second kappa shape index (κ2) is 2.69. The Kier molecular flexibility index (Phi) is 2.46. The molecular formula is C4H9NO. The zero-order valence-electron chi connectivity index (χ0n) is 4.36. The lowest BCUT2D eigenvalue weighted by atomic mass is 10.5. The summed E-state index contributed by atoms with van der Waals surface area (Å²) in [6, 6.07) is 0. The minimum absolute atomic E-state index is 0.942. The molecule has 0 aromatic carbocycles. The number of oxime groups is 1. The zero-order chi connectivity index (χ0) is 4.99. The fourth-order valence-electron chi connectivity index (χ4n) is 0.183. The van der Waals surface area contributed by atoms with E-state index in [1.165, 1.54) is 7.11 Å². The summed E-state index contributed by atoms with van der Waals surface area (Å²) >= 11 is 0. The largest absolute Gasteiger partial charge is 0.399 e. The second-order valence-electron chi connectivity index (χ2n) is 1.22. The molecule has 0 bridgehead atoms. The maximum absolute atomic E-state index is 4.39. The van der Waals surface area contributed by atoms with Crippen LogP contribution in [0.1, 0.15) is 13.8 Å². The van der Waals surface area contributed by atoms with Crippen molar-refractivity contribution in [2.75, 3.05) is 7.11 Å². The maximum Gasteiger partial charge on any atom is 0.106 e. The Balaban J connectivity index is 3.14. The van der Waals surface area contributed by atoms with Gasteiger partial charge < -0.3 is 4.84 Å². The van der Waals surface area contributed by atoms with E-state index in [9.17, 15) is 0 Å². The predicted octanol–water partition coefficient (Wildman–Crippen LogP) is 1.03. The summed E-state index contributed by atoms with van der Waals surface area (Å²) in [5.74, 6) is 0. The van der Waals surface area contributed by atoms with Crippen LogP contribution in [0.3, 0.4) is 0 Å². The van der Waals surface area contributed by atoms with Gasteiger partial charge in [-0.05, 0) is 13.8 Å². The van der Waals surface area contributed by atoms with Crippen LogP contribution in [-0.4, -0.2) is 12.8 Å². The molecule has 0 N–H and O–H groups in total. The lowest BCUT2D eigenvalue weighted by molar-refractivity contribution is 0.213. The van der Waals surface area contributed by atoms with Crippen LogP contribution in [0.2, 0.25) is 0 Å². The van der Waals surface area contributed by atoms with Crippen LogP contribution in [0.5, 0.6) is 0 Å². The second-order valence-corrected chi connectivity index (χ2v) is 1.22. The van der Waals surface area contributed by atoms with Gasteiger partial charge in [0.15, 0.2) is 0 Å². The minimum Gasteiger partial charge on any atom is -0.399 e. The highest BCUT2D eigenvalue weighted by Gasteiger charge is 1.69. The Bertz CT molecular complexity index is 54.6. The summed E-state index contributed by atoms with van der Waals surface area (Å²) < 4.78 is 0. The highest BCUT2D eigenvalue weighted by molar-refractivity contribution is 5.78. The van der Waals surface area contributed by atoms with Crippen LogP contribution in [0.15, 0.2) is 5.16 Å². The number of hydrogen-bond donors (Lipinski definition) is 0. The van der Waals surface area contributed by atoms with Gasteiger partial charge in [-0.2, -0.15) is 0 Å². The molecule has 2 nitrogen and oxygen atoms in total. The first-order chi connectivity index (χ1) is 2.77. The highest BCUT2D eigenvalue weighted by Crippen LogP contribution is 1.71. The molecule has 0 aliphatic heterocycles. The Labute approximate surface area is 37.8 Å². The Morgan fingerprint density at radius 1 is 1.50 bits per heavy atom. The molecule has 0 spiro atoms. The summed E-state index contributed by atoms with van der Waals surface area (Å²) in [4.78, 5) is 4.39. The van der Waals surface area contributed by atoms with E-state index >= 15 is 0 Å². The monoisotopic (exact) mass is 87.1 g/mol. The van der Waals surface area contributed by atoms with Gasteiger partial charge >= 0.3 is 0 Å². The normalized spacial score (nSPS) is 7.17. The molecule has 0 atom stereocenters. The van der Waals surface area contributed by atoms with Crippen molar-refractivity contribution in [2.24, 2.45) is 5.16 Å². The van der Waals surface area contributed by atoms with E-state index < -0.39 is 0 Å². The average molecular weight is 87.1 g/mol. The van der Waals surface area contributed by atoms with Crippen LogP contribution in [-0.2, 0) is 4.84 Å². The Hall–Kier alpha value is -0.530. The van der Waals surface area contributed by atoms with Crippen LogP contribution < -0.4 is 0 Å². The van der Waals surface area contributed by atoms with Crippen molar-refractivity contribution in [3.05, 3.63) is 0 Å². The van der Waals surface area contributed by atoms with E-state index in [0.717, 1.165) is 5.71 Å². The van der Waals surface area contributed by atoms with E-state index in [2.05, 4.69) is 9.99 Å². The van der Waals surface area contributed by atoms with Gasteiger partial charge in [0.2, 0.25) is 0 Å². The number of rotatable bonds is 1. The van der Waals surface area contributed by atoms with E-state index in [0.29, 0.717) is 0 Å². The van der Waals surface area contributed by atoms with Crippen LogP contribution in [0.25, 0.3) is 0 Å². The van der Waals surface area contributed by atoms with Gasteiger partial charge in [0.1, 0.15) is 7.11 Å². The quantitative estimate of drug-likeness (QED) is 0.345. The molecular weight excluding hydrogens is 78.0 g/mol. The van der Waals surface area contributed by atoms with E-state index in [1.54, 1.807) is 0 Å². The zero-order valence-corrected chi connectivity index (χ0v) is 4.36. The summed E-state index contributed by atoms with van der Waals surface area (Å²) in [5, 5.41) is 3.54. The van der Waals surface area contributed by atoms with E-state index in [4.69, 9.17) is 0 Å². The lowest BCUT2D eigenvalue weighted by Gasteiger charge is -1.83. The van der Waals surface area contributed by atoms with Gasteiger partial charge in [-0.25, -0.2) is 0 Å². The molecule has 0 unspecified atom stereocenters. The van der Waals surface area contributed by atoms with Gasteiger partial charge in [0.05, 0.1) is 5.71 Å². The minimum atomic E-state index is 0.942. The van der Waals surface area contributed by atoms with Crippen molar-refractivity contribution in [3.8, 4) is 0 Å². The van der Waals surface area contributed by atoms with Gasteiger partial charge in [0.25, 0.3) is 0 Å². The third kappa shape index (κ3) is 3.47. The molecule has 0 aliphatic rings. The van der Waals surface area contributed by atoms with Gasteiger partial charge in [-0.15, -0.1) is 0 Å². The van der Waals surface area contributed by atoms with Gasteiger partial charge in [-0.1, -0.05) is 5.16 Å². The summed E-state index contributed by atoms with van der Waals surface area (Å²) in [6.07, 6.45) is 0. The fourth-order valence-corrected chi connectivity index (χ4v) is 0.183. The first-order valence-electron chi connectivity index (χ1n) is 1.81. The first kappa shape index (κ1) is 5.47. The summed E-state index contributed by atoms with van der Waals surface area (Å²) in [5.41, 5.74) is 0.942. The van der Waals surface area contributed by atoms with E-state index in [1.807, 2.05) is 13.8 Å². The standard InChI is InChI=1S/C4H9NO/c1-4(2)5-6-3/h1-3H3. The number of nitrogens with zero attached hydrogens (tertiary/aromatic N) is 1. The van der Waals surface area contributed by atoms with Crippen LogP contribution in [0, 0.1) is 0 Å². The summed E-state index contributed by atoms with van der Waals surface area (Å²) in [6.45, 7) is 3.76. The van der Waals surface area contributed by atoms with Crippen molar-refractivity contribution in [3.63, 3.8) is 0 Å². The van der Waals surface area contributed by atoms with E-state index in [-0.39, 0.29) is 0 Å². The maximum atomic E-state index is 4.39. The molecule has 0 saturated heterocycles. The molecule has 0 aliphatic carbocycles. The van der Waals surface area contributed by atoms with Gasteiger partial charge in [0, 0.05) is 0 Å². The summed E-state index contributed by atoms with van der Waals surface area (Å²) in [7, 11) is 1.53.